The molecule has 0 bridgehead atoms. The first-order chi connectivity index (χ1) is 9.41. The Morgan fingerprint density at radius 3 is 3.00 bits per heavy atom. The van der Waals surface area contributed by atoms with E-state index in [-0.39, 0.29) is 16.0 Å². The monoisotopic (exact) mass is 382 g/mol. The third-order valence-electron chi connectivity index (χ3n) is 3.23. The Labute approximate surface area is 132 Å². The molecule has 1 aromatic rings. The Morgan fingerprint density at radius 1 is 1.60 bits per heavy atom. The molecule has 1 saturated heterocycles. The van der Waals surface area contributed by atoms with Crippen LogP contribution in [0.5, 0.6) is 0 Å². The molecule has 1 atom stereocenters. The standard InChI is InChI=1S/C12H16BrClN2O3S/c1-16(7-9-3-2-4-19-8-9)20(17,18)11-5-10(13)6-15-12(11)14/h5-6,9H,2-4,7-8H2,1H3. The molecule has 20 heavy (non-hydrogen) atoms. The Hall–Kier alpha value is -0.210. The molecule has 0 N–H and O–H groups in total. The maximum Gasteiger partial charge on any atom is 0.245 e. The van der Waals surface area contributed by atoms with Crippen molar-refractivity contribution >= 4 is 37.6 Å². The summed E-state index contributed by atoms with van der Waals surface area (Å²) in [6.07, 6.45) is 3.42. The minimum atomic E-state index is -3.64. The molecule has 5 nitrogen and oxygen atoms in total. The molecule has 8 heteroatoms. The van der Waals surface area contributed by atoms with Gasteiger partial charge in [0.1, 0.15) is 10.0 Å². The third-order valence-corrected chi connectivity index (χ3v) is 5.92. The van der Waals surface area contributed by atoms with Gasteiger partial charge in [-0.05, 0) is 40.8 Å². The van der Waals surface area contributed by atoms with E-state index < -0.39 is 10.0 Å². The second kappa shape index (κ2) is 6.70. The van der Waals surface area contributed by atoms with Crippen molar-refractivity contribution in [2.45, 2.75) is 17.7 Å². The Balaban J connectivity index is 2.18. The van der Waals surface area contributed by atoms with E-state index in [2.05, 4.69) is 20.9 Å². The van der Waals surface area contributed by atoms with Gasteiger partial charge in [0.15, 0.2) is 0 Å². The van der Waals surface area contributed by atoms with Crippen LogP contribution < -0.4 is 0 Å². The number of nitrogens with zero attached hydrogens (tertiary/aromatic N) is 2. The van der Waals surface area contributed by atoms with Crippen molar-refractivity contribution in [1.29, 1.82) is 0 Å². The van der Waals surface area contributed by atoms with Gasteiger partial charge in [0.2, 0.25) is 10.0 Å². The van der Waals surface area contributed by atoms with Gasteiger partial charge in [-0.1, -0.05) is 11.6 Å². The Kier molecular flexibility index (Phi) is 5.42. The third kappa shape index (κ3) is 3.71. The van der Waals surface area contributed by atoms with Crippen molar-refractivity contribution in [1.82, 2.24) is 9.29 Å². The minimum absolute atomic E-state index is 0.0139. The van der Waals surface area contributed by atoms with Crippen LogP contribution in [-0.2, 0) is 14.8 Å². The summed E-state index contributed by atoms with van der Waals surface area (Å²) in [6.45, 7) is 1.78. The van der Waals surface area contributed by atoms with Crippen molar-refractivity contribution in [3.05, 3.63) is 21.9 Å². The van der Waals surface area contributed by atoms with Gasteiger partial charge in [-0.25, -0.2) is 17.7 Å². The molecule has 1 aromatic heterocycles. The lowest BCUT2D eigenvalue weighted by Gasteiger charge is -2.26. The number of sulfonamides is 1. The number of aromatic nitrogens is 1. The minimum Gasteiger partial charge on any atom is -0.381 e. The fourth-order valence-electron chi connectivity index (χ4n) is 2.17. The highest BCUT2D eigenvalue weighted by Crippen LogP contribution is 2.26. The molecule has 2 heterocycles. The van der Waals surface area contributed by atoms with E-state index >= 15 is 0 Å². The number of rotatable bonds is 4. The molecule has 0 spiro atoms. The van der Waals surface area contributed by atoms with E-state index in [0.29, 0.717) is 17.6 Å². The fourth-order valence-corrected chi connectivity index (χ4v) is 4.33. The van der Waals surface area contributed by atoms with Gasteiger partial charge in [0.05, 0.1) is 6.61 Å². The van der Waals surface area contributed by atoms with Crippen LogP contribution in [0.2, 0.25) is 5.15 Å². The molecule has 1 fully saturated rings. The Morgan fingerprint density at radius 2 is 2.35 bits per heavy atom. The summed E-state index contributed by atoms with van der Waals surface area (Å²) in [4.78, 5) is 3.88. The normalized spacial score (nSPS) is 20.3. The second-order valence-electron chi connectivity index (χ2n) is 4.81. The van der Waals surface area contributed by atoms with Gasteiger partial charge in [-0.3, -0.25) is 0 Å². The lowest BCUT2D eigenvalue weighted by molar-refractivity contribution is 0.0495. The lowest BCUT2D eigenvalue weighted by Crippen LogP contribution is -2.35. The Bertz CT molecular complexity index is 576. The van der Waals surface area contributed by atoms with Gasteiger partial charge in [-0.2, -0.15) is 0 Å². The SMILES string of the molecule is CN(CC1CCCOC1)S(=O)(=O)c1cc(Br)cnc1Cl. The van der Waals surface area contributed by atoms with Crippen LogP contribution in [0.4, 0.5) is 0 Å². The maximum absolute atomic E-state index is 12.5. The molecule has 0 saturated carbocycles. The predicted octanol–water partition coefficient (Wildman–Crippen LogP) is 2.54. The summed E-state index contributed by atoms with van der Waals surface area (Å²) in [7, 11) is -2.08. The zero-order valence-corrected chi connectivity index (χ0v) is 14.2. The summed E-state index contributed by atoms with van der Waals surface area (Å²) < 4.78 is 32.3. The average molecular weight is 384 g/mol. The van der Waals surface area contributed by atoms with Crippen LogP contribution in [0.1, 0.15) is 12.8 Å². The van der Waals surface area contributed by atoms with Gasteiger partial charge >= 0.3 is 0 Å². The highest BCUT2D eigenvalue weighted by molar-refractivity contribution is 9.10. The number of hydrogen-bond donors (Lipinski definition) is 0. The first kappa shape index (κ1) is 16.2. The first-order valence-corrected chi connectivity index (χ1v) is 8.87. The summed E-state index contributed by atoms with van der Waals surface area (Å²) in [5.74, 6) is 0.224. The maximum atomic E-state index is 12.5. The highest BCUT2D eigenvalue weighted by atomic mass is 79.9. The second-order valence-corrected chi connectivity index (χ2v) is 8.10. The summed E-state index contributed by atoms with van der Waals surface area (Å²) >= 11 is 9.12. The highest BCUT2D eigenvalue weighted by Gasteiger charge is 2.27. The lowest BCUT2D eigenvalue weighted by atomic mass is 10.0. The first-order valence-electron chi connectivity index (χ1n) is 6.26. The average Bonchev–Trinajstić information content (AvgIpc) is 2.42. The van der Waals surface area contributed by atoms with Crippen LogP contribution in [0.15, 0.2) is 21.6 Å². The van der Waals surface area contributed by atoms with E-state index in [1.807, 2.05) is 0 Å². The molecule has 0 aliphatic carbocycles. The molecule has 2 rings (SSSR count). The smallest absolute Gasteiger partial charge is 0.245 e. The molecule has 112 valence electrons. The molecule has 0 radical (unpaired) electrons. The molecular formula is C12H16BrClN2O3S. The van der Waals surface area contributed by atoms with E-state index in [4.69, 9.17) is 16.3 Å². The van der Waals surface area contributed by atoms with E-state index in [0.717, 1.165) is 19.4 Å². The van der Waals surface area contributed by atoms with E-state index in [1.165, 1.54) is 16.6 Å². The predicted molar refractivity (Wildman–Crippen MR) is 80.3 cm³/mol. The van der Waals surface area contributed by atoms with Crippen LogP contribution in [0.25, 0.3) is 0 Å². The van der Waals surface area contributed by atoms with Crippen molar-refractivity contribution in [3.8, 4) is 0 Å². The quantitative estimate of drug-likeness (QED) is 0.750. The van der Waals surface area contributed by atoms with Crippen molar-refractivity contribution < 1.29 is 13.2 Å². The van der Waals surface area contributed by atoms with Crippen molar-refractivity contribution in [2.75, 3.05) is 26.8 Å². The van der Waals surface area contributed by atoms with Crippen LogP contribution in [-0.4, -0.2) is 44.5 Å². The van der Waals surface area contributed by atoms with Crippen molar-refractivity contribution in [2.24, 2.45) is 5.92 Å². The molecule has 1 unspecified atom stereocenters. The number of pyridine rings is 1. The molecular weight excluding hydrogens is 368 g/mol. The summed E-state index contributed by atoms with van der Waals surface area (Å²) in [5, 5.41) is -0.0139. The summed E-state index contributed by atoms with van der Waals surface area (Å²) in [6, 6.07) is 1.47. The van der Waals surface area contributed by atoms with Crippen LogP contribution >= 0.6 is 27.5 Å². The van der Waals surface area contributed by atoms with Gasteiger partial charge in [-0.15, -0.1) is 0 Å². The fraction of sp³-hybridized carbons (Fsp3) is 0.583. The van der Waals surface area contributed by atoms with Crippen molar-refractivity contribution in [3.63, 3.8) is 0 Å². The largest absolute Gasteiger partial charge is 0.381 e. The van der Waals surface area contributed by atoms with E-state index in [1.54, 1.807) is 7.05 Å². The van der Waals surface area contributed by atoms with Gasteiger partial charge in [0, 0.05) is 30.9 Å². The van der Waals surface area contributed by atoms with Crippen LogP contribution in [0, 0.1) is 5.92 Å². The molecule has 1 aliphatic heterocycles. The molecule has 0 aromatic carbocycles. The molecule has 1 aliphatic rings. The van der Waals surface area contributed by atoms with Gasteiger partial charge in [0.25, 0.3) is 0 Å². The molecule has 0 amide bonds. The van der Waals surface area contributed by atoms with E-state index in [9.17, 15) is 8.42 Å². The number of ether oxygens (including phenoxy) is 1. The topological polar surface area (TPSA) is 59.5 Å². The number of hydrogen-bond acceptors (Lipinski definition) is 4. The number of halogens is 2. The summed E-state index contributed by atoms with van der Waals surface area (Å²) in [5.41, 5.74) is 0. The zero-order valence-electron chi connectivity index (χ0n) is 11.1. The van der Waals surface area contributed by atoms with Crippen LogP contribution in [0.3, 0.4) is 0 Å². The van der Waals surface area contributed by atoms with Gasteiger partial charge < -0.3 is 4.74 Å². The zero-order chi connectivity index (χ0) is 14.8.